The molecule has 0 spiro atoms. The second-order valence-electron chi connectivity index (χ2n) is 6.59. The van der Waals surface area contributed by atoms with E-state index in [1.807, 2.05) is 24.3 Å². The van der Waals surface area contributed by atoms with Gasteiger partial charge in [0.05, 0.1) is 28.4 Å². The van der Waals surface area contributed by atoms with Gasteiger partial charge in [-0.15, -0.1) is 0 Å². The van der Waals surface area contributed by atoms with Crippen LogP contribution in [0.2, 0.25) is 0 Å². The molecule has 0 aromatic heterocycles. The highest BCUT2D eigenvalue weighted by Gasteiger charge is 2.13. The van der Waals surface area contributed by atoms with Crippen molar-refractivity contribution < 1.29 is 18.9 Å². The van der Waals surface area contributed by atoms with Crippen LogP contribution in [0.15, 0.2) is 48.5 Å². The summed E-state index contributed by atoms with van der Waals surface area (Å²) in [4.78, 5) is 0. The molecule has 0 amide bonds. The van der Waals surface area contributed by atoms with E-state index in [4.69, 9.17) is 18.9 Å². The Hall–Kier alpha value is -2.92. The Bertz CT molecular complexity index is 955. The van der Waals surface area contributed by atoms with Crippen LogP contribution in [0, 0.1) is 0 Å². The first kappa shape index (κ1) is 19.8. The first-order valence-electron chi connectivity index (χ1n) is 9.19. The standard InChI is InChI=1S/C23H27NO4/c1-15(16-6-7-18-11-20(25-2)9-8-17(18)10-16)24-14-19-12-22(27-4)23(28-5)13-21(19)26-3/h6-13,15,24H,14H2,1-5H3/t15-/m1/s1. The van der Waals surface area contributed by atoms with Crippen LogP contribution >= 0.6 is 0 Å². The summed E-state index contributed by atoms with van der Waals surface area (Å²) < 4.78 is 21.6. The fourth-order valence-electron chi connectivity index (χ4n) is 3.25. The van der Waals surface area contributed by atoms with Crippen LogP contribution in [0.3, 0.4) is 0 Å². The smallest absolute Gasteiger partial charge is 0.164 e. The van der Waals surface area contributed by atoms with Gasteiger partial charge in [0.25, 0.3) is 0 Å². The van der Waals surface area contributed by atoms with Crippen LogP contribution in [0.4, 0.5) is 0 Å². The maximum Gasteiger partial charge on any atom is 0.164 e. The van der Waals surface area contributed by atoms with E-state index in [-0.39, 0.29) is 6.04 Å². The van der Waals surface area contributed by atoms with Crippen molar-refractivity contribution in [3.05, 3.63) is 59.7 Å². The van der Waals surface area contributed by atoms with E-state index >= 15 is 0 Å². The summed E-state index contributed by atoms with van der Waals surface area (Å²) in [5, 5.41) is 5.92. The van der Waals surface area contributed by atoms with Gasteiger partial charge in [0, 0.05) is 24.2 Å². The molecule has 0 heterocycles. The zero-order valence-corrected chi connectivity index (χ0v) is 17.0. The van der Waals surface area contributed by atoms with E-state index in [9.17, 15) is 0 Å². The number of benzene rings is 3. The largest absolute Gasteiger partial charge is 0.497 e. The summed E-state index contributed by atoms with van der Waals surface area (Å²) in [5.41, 5.74) is 2.23. The molecular weight excluding hydrogens is 354 g/mol. The molecule has 0 fully saturated rings. The van der Waals surface area contributed by atoms with E-state index in [0.717, 1.165) is 22.4 Å². The Morgan fingerprint density at radius 1 is 0.714 bits per heavy atom. The van der Waals surface area contributed by atoms with Gasteiger partial charge in [0.15, 0.2) is 11.5 Å². The molecule has 0 aliphatic rings. The molecule has 0 unspecified atom stereocenters. The summed E-state index contributed by atoms with van der Waals surface area (Å²) >= 11 is 0. The second-order valence-corrected chi connectivity index (χ2v) is 6.59. The highest BCUT2D eigenvalue weighted by atomic mass is 16.5. The van der Waals surface area contributed by atoms with Crippen LogP contribution in [0.25, 0.3) is 10.8 Å². The fourth-order valence-corrected chi connectivity index (χ4v) is 3.25. The van der Waals surface area contributed by atoms with E-state index in [2.05, 4.69) is 36.5 Å². The predicted molar refractivity (Wildman–Crippen MR) is 112 cm³/mol. The first-order valence-corrected chi connectivity index (χ1v) is 9.19. The van der Waals surface area contributed by atoms with Crippen molar-refractivity contribution in [2.45, 2.75) is 19.5 Å². The second kappa shape index (κ2) is 8.85. The van der Waals surface area contributed by atoms with Gasteiger partial charge in [-0.25, -0.2) is 0 Å². The topological polar surface area (TPSA) is 49.0 Å². The summed E-state index contributed by atoms with van der Waals surface area (Å²) in [6.45, 7) is 2.79. The minimum absolute atomic E-state index is 0.171. The summed E-state index contributed by atoms with van der Waals surface area (Å²) in [7, 11) is 6.59. The zero-order chi connectivity index (χ0) is 20.1. The molecule has 5 heteroatoms. The van der Waals surface area contributed by atoms with Gasteiger partial charge in [-0.1, -0.05) is 18.2 Å². The van der Waals surface area contributed by atoms with Crippen molar-refractivity contribution in [3.63, 3.8) is 0 Å². The molecule has 3 rings (SSSR count). The van der Waals surface area contributed by atoms with Crippen LogP contribution in [0.5, 0.6) is 23.0 Å². The van der Waals surface area contributed by atoms with Gasteiger partial charge in [-0.3, -0.25) is 0 Å². The van der Waals surface area contributed by atoms with Gasteiger partial charge in [-0.05, 0) is 47.5 Å². The molecule has 28 heavy (non-hydrogen) atoms. The molecule has 0 radical (unpaired) electrons. The van der Waals surface area contributed by atoms with Crippen LogP contribution < -0.4 is 24.3 Å². The minimum atomic E-state index is 0.171. The van der Waals surface area contributed by atoms with Crippen LogP contribution in [-0.2, 0) is 6.54 Å². The normalized spacial score (nSPS) is 11.9. The molecule has 3 aromatic carbocycles. The number of hydrogen-bond acceptors (Lipinski definition) is 5. The van der Waals surface area contributed by atoms with E-state index in [1.54, 1.807) is 28.4 Å². The highest BCUT2D eigenvalue weighted by Crippen LogP contribution is 2.35. The molecule has 1 N–H and O–H groups in total. The van der Waals surface area contributed by atoms with E-state index in [1.165, 1.54) is 10.9 Å². The zero-order valence-electron chi connectivity index (χ0n) is 17.0. The average molecular weight is 381 g/mol. The van der Waals surface area contributed by atoms with Crippen molar-refractivity contribution in [1.29, 1.82) is 0 Å². The quantitative estimate of drug-likeness (QED) is 0.612. The molecule has 5 nitrogen and oxygen atoms in total. The predicted octanol–water partition coefficient (Wildman–Crippen LogP) is 4.73. The van der Waals surface area contributed by atoms with Gasteiger partial charge in [0.2, 0.25) is 0 Å². The molecule has 0 aliphatic carbocycles. The van der Waals surface area contributed by atoms with E-state index in [0.29, 0.717) is 18.0 Å². The third-order valence-corrected chi connectivity index (χ3v) is 4.96. The Balaban J connectivity index is 1.78. The number of nitrogens with one attached hydrogen (secondary N) is 1. The highest BCUT2D eigenvalue weighted by molar-refractivity contribution is 5.84. The van der Waals surface area contributed by atoms with E-state index < -0.39 is 0 Å². The Labute approximate surface area is 166 Å². The lowest BCUT2D eigenvalue weighted by atomic mass is 10.0. The number of hydrogen-bond donors (Lipinski definition) is 1. The van der Waals surface area contributed by atoms with Crippen molar-refractivity contribution in [3.8, 4) is 23.0 Å². The summed E-state index contributed by atoms with van der Waals surface area (Å²) in [6, 6.07) is 16.6. The summed E-state index contributed by atoms with van der Waals surface area (Å²) in [5.74, 6) is 2.98. The molecule has 0 aliphatic heterocycles. The molecule has 148 valence electrons. The monoisotopic (exact) mass is 381 g/mol. The van der Waals surface area contributed by atoms with Crippen molar-refractivity contribution in [2.24, 2.45) is 0 Å². The maximum absolute atomic E-state index is 5.52. The SMILES string of the molecule is COc1ccc2cc([C@@H](C)NCc3cc(OC)c(OC)cc3OC)ccc2c1. The first-order chi connectivity index (χ1) is 13.6. The van der Waals surface area contributed by atoms with Crippen LogP contribution in [0.1, 0.15) is 24.1 Å². The van der Waals surface area contributed by atoms with Crippen molar-refractivity contribution in [1.82, 2.24) is 5.32 Å². The van der Waals surface area contributed by atoms with Gasteiger partial charge < -0.3 is 24.3 Å². The molecule has 0 saturated heterocycles. The van der Waals surface area contributed by atoms with Gasteiger partial charge in [-0.2, -0.15) is 0 Å². The third kappa shape index (κ3) is 4.15. The lowest BCUT2D eigenvalue weighted by Gasteiger charge is -2.18. The Morgan fingerprint density at radius 2 is 1.36 bits per heavy atom. The van der Waals surface area contributed by atoms with Gasteiger partial charge in [0.1, 0.15) is 11.5 Å². The molecular formula is C23H27NO4. The lowest BCUT2D eigenvalue weighted by Crippen LogP contribution is -2.18. The molecule has 0 saturated carbocycles. The minimum Gasteiger partial charge on any atom is -0.497 e. The number of rotatable bonds is 8. The third-order valence-electron chi connectivity index (χ3n) is 4.96. The fraction of sp³-hybridized carbons (Fsp3) is 0.304. The molecule has 1 atom stereocenters. The Kier molecular flexibility index (Phi) is 6.26. The molecule has 0 bridgehead atoms. The summed E-state index contributed by atoms with van der Waals surface area (Å²) in [6.07, 6.45) is 0. The average Bonchev–Trinajstić information content (AvgIpc) is 2.75. The number of methoxy groups -OCH3 is 4. The maximum atomic E-state index is 5.52. The van der Waals surface area contributed by atoms with Crippen molar-refractivity contribution >= 4 is 10.8 Å². The van der Waals surface area contributed by atoms with Crippen molar-refractivity contribution in [2.75, 3.05) is 28.4 Å². The van der Waals surface area contributed by atoms with Crippen LogP contribution in [-0.4, -0.2) is 28.4 Å². The number of fused-ring (bicyclic) bond motifs is 1. The lowest BCUT2D eigenvalue weighted by molar-refractivity contribution is 0.346. The Morgan fingerprint density at radius 3 is 2.04 bits per heavy atom. The van der Waals surface area contributed by atoms with Gasteiger partial charge >= 0.3 is 0 Å². The number of ether oxygens (including phenoxy) is 4. The molecule has 3 aromatic rings.